The first-order valence-electron chi connectivity index (χ1n) is 6.20. The van der Waals surface area contributed by atoms with Gasteiger partial charge in [-0.1, -0.05) is 6.92 Å². The van der Waals surface area contributed by atoms with E-state index in [0.29, 0.717) is 23.0 Å². The highest BCUT2D eigenvalue weighted by molar-refractivity contribution is 7.80. The largest absolute Gasteiger partial charge is 0.507 e. The van der Waals surface area contributed by atoms with Gasteiger partial charge in [-0.3, -0.25) is 5.43 Å². The third-order valence-corrected chi connectivity index (χ3v) is 2.42. The second-order valence-corrected chi connectivity index (χ2v) is 4.21. The predicted octanol–water partition coefficient (Wildman–Crippen LogP) is 2.00. The van der Waals surface area contributed by atoms with Crippen LogP contribution in [0.2, 0.25) is 0 Å². The van der Waals surface area contributed by atoms with Gasteiger partial charge in [-0.05, 0) is 37.7 Å². The molecule has 104 valence electrons. The highest BCUT2D eigenvalue weighted by Crippen LogP contribution is 2.22. The molecule has 5 nitrogen and oxygen atoms in total. The molecule has 6 heteroatoms. The predicted molar refractivity (Wildman–Crippen MR) is 80.9 cm³/mol. The molecule has 19 heavy (non-hydrogen) atoms. The monoisotopic (exact) mass is 281 g/mol. The van der Waals surface area contributed by atoms with E-state index in [-0.39, 0.29) is 5.75 Å². The Morgan fingerprint density at radius 1 is 1.47 bits per heavy atom. The van der Waals surface area contributed by atoms with Crippen molar-refractivity contribution >= 4 is 23.5 Å². The lowest BCUT2D eigenvalue weighted by atomic mass is 10.2. The van der Waals surface area contributed by atoms with E-state index in [4.69, 9.17) is 17.0 Å². The molecule has 0 bridgehead atoms. The molecule has 0 radical (unpaired) electrons. The van der Waals surface area contributed by atoms with E-state index in [1.54, 1.807) is 18.2 Å². The van der Waals surface area contributed by atoms with Crippen molar-refractivity contribution in [2.24, 2.45) is 5.10 Å². The molecule has 0 aromatic heterocycles. The van der Waals surface area contributed by atoms with Gasteiger partial charge in [0.25, 0.3) is 0 Å². The molecule has 0 spiro atoms. The summed E-state index contributed by atoms with van der Waals surface area (Å²) in [7, 11) is 0. The Morgan fingerprint density at radius 2 is 2.26 bits per heavy atom. The first-order valence-corrected chi connectivity index (χ1v) is 6.61. The Labute approximate surface area is 118 Å². The molecular weight excluding hydrogens is 262 g/mol. The molecule has 0 unspecified atom stereocenters. The lowest BCUT2D eigenvalue weighted by Crippen LogP contribution is -2.31. The average Bonchev–Trinajstić information content (AvgIpc) is 2.39. The summed E-state index contributed by atoms with van der Waals surface area (Å²) in [6, 6.07) is 5.10. The van der Waals surface area contributed by atoms with Gasteiger partial charge in [0.1, 0.15) is 11.5 Å². The number of phenols is 1. The Hall–Kier alpha value is -1.82. The molecule has 1 rings (SSSR count). The molecule has 0 aliphatic heterocycles. The fourth-order valence-corrected chi connectivity index (χ4v) is 1.50. The van der Waals surface area contributed by atoms with E-state index >= 15 is 0 Å². The van der Waals surface area contributed by atoms with Crippen molar-refractivity contribution in [3.05, 3.63) is 23.8 Å². The summed E-state index contributed by atoms with van der Waals surface area (Å²) < 4.78 is 5.41. The zero-order valence-corrected chi connectivity index (χ0v) is 12.0. The number of hydrogen-bond acceptors (Lipinski definition) is 4. The molecule has 0 saturated heterocycles. The summed E-state index contributed by atoms with van der Waals surface area (Å²) in [6.45, 7) is 5.33. The average molecular weight is 281 g/mol. The Morgan fingerprint density at radius 3 is 2.89 bits per heavy atom. The van der Waals surface area contributed by atoms with Crippen LogP contribution in [0, 0.1) is 0 Å². The number of nitrogens with zero attached hydrogens (tertiary/aromatic N) is 1. The zero-order chi connectivity index (χ0) is 14.1. The molecule has 0 aliphatic carbocycles. The topological polar surface area (TPSA) is 65.9 Å². The minimum absolute atomic E-state index is 0.119. The fourth-order valence-electron chi connectivity index (χ4n) is 1.30. The highest BCUT2D eigenvalue weighted by Gasteiger charge is 2.01. The van der Waals surface area contributed by atoms with Crippen LogP contribution in [-0.2, 0) is 0 Å². The van der Waals surface area contributed by atoms with Crippen molar-refractivity contribution in [2.75, 3.05) is 13.2 Å². The molecule has 0 saturated carbocycles. The fraction of sp³-hybridized carbons (Fsp3) is 0.385. The van der Waals surface area contributed by atoms with E-state index in [0.717, 1.165) is 13.0 Å². The number of nitrogens with one attached hydrogen (secondary N) is 2. The SMILES string of the molecule is CCCOc1ccc(C=NNC(=S)NCC)c(O)c1. The number of phenolic OH excluding ortho intramolecular Hbond substituents is 1. The van der Waals surface area contributed by atoms with Crippen molar-refractivity contribution in [1.82, 2.24) is 10.7 Å². The normalized spacial score (nSPS) is 10.4. The number of aromatic hydroxyl groups is 1. The maximum atomic E-state index is 9.81. The van der Waals surface area contributed by atoms with Crippen LogP contribution in [0.25, 0.3) is 0 Å². The number of rotatable bonds is 6. The van der Waals surface area contributed by atoms with E-state index in [1.807, 2.05) is 13.8 Å². The van der Waals surface area contributed by atoms with E-state index in [2.05, 4.69) is 15.8 Å². The molecule has 0 heterocycles. The van der Waals surface area contributed by atoms with Crippen LogP contribution < -0.4 is 15.5 Å². The van der Waals surface area contributed by atoms with Gasteiger partial charge in [-0.15, -0.1) is 0 Å². The van der Waals surface area contributed by atoms with E-state index < -0.39 is 0 Å². The van der Waals surface area contributed by atoms with Crippen LogP contribution in [0.15, 0.2) is 23.3 Å². The van der Waals surface area contributed by atoms with Gasteiger partial charge in [-0.25, -0.2) is 0 Å². The van der Waals surface area contributed by atoms with Gasteiger partial charge in [0.05, 0.1) is 12.8 Å². The summed E-state index contributed by atoms with van der Waals surface area (Å²) in [4.78, 5) is 0. The summed E-state index contributed by atoms with van der Waals surface area (Å²) >= 11 is 4.95. The molecular formula is C13H19N3O2S. The third-order valence-electron chi connectivity index (χ3n) is 2.18. The summed E-state index contributed by atoms with van der Waals surface area (Å²) in [6.07, 6.45) is 2.43. The standard InChI is InChI=1S/C13H19N3O2S/c1-3-7-18-11-6-5-10(12(17)8-11)9-15-16-13(19)14-4-2/h5-6,8-9,17H,3-4,7H2,1-2H3,(H2,14,16,19). The quantitative estimate of drug-likeness (QED) is 0.423. The lowest BCUT2D eigenvalue weighted by Gasteiger charge is -2.06. The van der Waals surface area contributed by atoms with Crippen molar-refractivity contribution in [1.29, 1.82) is 0 Å². The van der Waals surface area contributed by atoms with Crippen LogP contribution in [0.1, 0.15) is 25.8 Å². The molecule has 0 fully saturated rings. The summed E-state index contributed by atoms with van der Waals surface area (Å²) in [5, 5.41) is 17.1. The minimum atomic E-state index is 0.119. The number of benzene rings is 1. The number of hydrazone groups is 1. The maximum Gasteiger partial charge on any atom is 0.186 e. The van der Waals surface area contributed by atoms with Crippen molar-refractivity contribution in [3.8, 4) is 11.5 Å². The maximum absolute atomic E-state index is 9.81. The van der Waals surface area contributed by atoms with E-state index in [9.17, 15) is 5.11 Å². The molecule has 1 aromatic rings. The smallest absolute Gasteiger partial charge is 0.186 e. The zero-order valence-electron chi connectivity index (χ0n) is 11.1. The van der Waals surface area contributed by atoms with Crippen molar-refractivity contribution in [2.45, 2.75) is 20.3 Å². The number of thiocarbonyl (C=S) groups is 1. The van der Waals surface area contributed by atoms with E-state index in [1.165, 1.54) is 6.21 Å². The first kappa shape index (κ1) is 15.2. The Balaban J connectivity index is 2.59. The van der Waals surface area contributed by atoms with Gasteiger partial charge in [0.15, 0.2) is 5.11 Å². The lowest BCUT2D eigenvalue weighted by molar-refractivity contribution is 0.315. The minimum Gasteiger partial charge on any atom is -0.507 e. The van der Waals surface area contributed by atoms with Crippen LogP contribution in [0.4, 0.5) is 0 Å². The highest BCUT2D eigenvalue weighted by atomic mass is 32.1. The molecule has 3 N–H and O–H groups in total. The van der Waals surface area contributed by atoms with Crippen LogP contribution in [-0.4, -0.2) is 29.6 Å². The summed E-state index contributed by atoms with van der Waals surface area (Å²) in [5.74, 6) is 0.765. The van der Waals surface area contributed by atoms with Crippen LogP contribution in [0.5, 0.6) is 11.5 Å². The van der Waals surface area contributed by atoms with Crippen molar-refractivity contribution in [3.63, 3.8) is 0 Å². The van der Waals surface area contributed by atoms with Crippen LogP contribution in [0.3, 0.4) is 0 Å². The van der Waals surface area contributed by atoms with Crippen LogP contribution >= 0.6 is 12.2 Å². The van der Waals surface area contributed by atoms with Crippen molar-refractivity contribution < 1.29 is 9.84 Å². The van der Waals surface area contributed by atoms with Gasteiger partial charge in [-0.2, -0.15) is 5.10 Å². The molecule has 0 atom stereocenters. The third kappa shape index (κ3) is 5.56. The number of hydrogen-bond donors (Lipinski definition) is 3. The Kier molecular flexibility index (Phi) is 6.67. The summed E-state index contributed by atoms with van der Waals surface area (Å²) in [5.41, 5.74) is 3.25. The second-order valence-electron chi connectivity index (χ2n) is 3.80. The second kappa shape index (κ2) is 8.31. The van der Waals surface area contributed by atoms with Gasteiger partial charge < -0.3 is 15.2 Å². The Bertz CT molecular complexity index is 450. The van der Waals surface area contributed by atoms with Gasteiger partial charge in [0.2, 0.25) is 0 Å². The van der Waals surface area contributed by atoms with Gasteiger partial charge in [0, 0.05) is 18.2 Å². The molecule has 0 aliphatic rings. The molecule has 0 amide bonds. The molecule has 1 aromatic carbocycles. The van der Waals surface area contributed by atoms with Gasteiger partial charge >= 0.3 is 0 Å². The first-order chi connectivity index (χ1) is 9.17. The number of ether oxygens (including phenoxy) is 1.